The van der Waals surface area contributed by atoms with Crippen LogP contribution in [0.25, 0.3) is 10.6 Å². The average Bonchev–Trinajstić information content (AvgIpc) is 2.19. The van der Waals surface area contributed by atoms with E-state index >= 15 is 0 Å². The molecule has 0 aliphatic rings. The fourth-order valence-corrected chi connectivity index (χ4v) is 0.651. The quantitative estimate of drug-likeness (QED) is 0.525. The van der Waals surface area contributed by atoms with Gasteiger partial charge in [-0.25, -0.2) is 0 Å². The molecule has 0 aromatic carbocycles. The first-order valence-electron chi connectivity index (χ1n) is 4.87. The molecule has 0 bridgehead atoms. The second-order valence-electron chi connectivity index (χ2n) is 2.73. The van der Waals surface area contributed by atoms with E-state index in [-0.39, 0.29) is 62.8 Å². The third-order valence-corrected chi connectivity index (χ3v) is 1.43. The van der Waals surface area contributed by atoms with Crippen LogP contribution in [0.4, 0.5) is 0 Å². The molecule has 2 amide bonds. The summed E-state index contributed by atoms with van der Waals surface area (Å²) in [6.45, 7) is 3.92. The van der Waals surface area contributed by atoms with Crippen LogP contribution in [0, 0.1) is 0 Å². The topological polar surface area (TPSA) is 62.3 Å². The zero-order chi connectivity index (χ0) is 11.4. The molecule has 0 fully saturated rings. The summed E-state index contributed by atoms with van der Waals surface area (Å²) in [5, 5.41) is 6.88. The van der Waals surface area contributed by atoms with E-state index in [4.69, 9.17) is 0 Å². The summed E-state index contributed by atoms with van der Waals surface area (Å²) in [5.41, 5.74) is 0. The Morgan fingerprint density at radius 2 is 1.06 bits per heavy atom. The number of hydrogen-bond donors (Lipinski definition) is 0. The minimum Gasteiger partial charge on any atom is -1.00 e. The number of hydrogen-bond acceptors (Lipinski definition) is 2. The summed E-state index contributed by atoms with van der Waals surface area (Å²) in [7, 11) is 3.05. The fraction of sp³-hybridized carbons (Fsp3) is 0.800. The Morgan fingerprint density at radius 1 is 0.824 bits per heavy atom. The van der Waals surface area contributed by atoms with Crippen LogP contribution in [-0.4, -0.2) is 25.9 Å². The van der Waals surface area contributed by atoms with E-state index in [1.807, 2.05) is 13.8 Å². The molecule has 0 saturated carbocycles. The summed E-state index contributed by atoms with van der Waals surface area (Å²) in [6, 6.07) is 0. The van der Waals surface area contributed by atoms with Crippen molar-refractivity contribution in [3.63, 3.8) is 0 Å². The van der Waals surface area contributed by atoms with Crippen LogP contribution in [0.2, 0.25) is 0 Å². The summed E-state index contributed by atoms with van der Waals surface area (Å²) < 4.78 is 0. The van der Waals surface area contributed by atoms with Gasteiger partial charge in [0.15, 0.2) is 0 Å². The van der Waals surface area contributed by atoms with Gasteiger partial charge in [0.05, 0.1) is 11.8 Å². The Balaban J connectivity index is -0.0000000480. The predicted molar refractivity (Wildman–Crippen MR) is 58.4 cm³/mol. The first kappa shape index (κ1) is 30.4. The molecule has 17 heavy (non-hydrogen) atoms. The number of carbonyl (C=O) groups is 2. The van der Waals surface area contributed by atoms with Gasteiger partial charge in [-0.15, -0.1) is 14.1 Å². The van der Waals surface area contributed by atoms with Crippen molar-refractivity contribution in [2.75, 3.05) is 14.1 Å². The molecule has 0 aliphatic carbocycles. The van der Waals surface area contributed by atoms with Gasteiger partial charge in [-0.2, -0.15) is 0 Å². The first-order valence-corrected chi connectivity index (χ1v) is 4.87. The summed E-state index contributed by atoms with van der Waals surface area (Å²) in [6.07, 6.45) is 2.99. The smallest absolute Gasteiger partial charge is 1.00 e. The number of amides is 2. The van der Waals surface area contributed by atoms with Crippen molar-refractivity contribution in [1.82, 2.24) is 0 Å². The molecular formula is C10H20Cl2N2O2Zr. The summed E-state index contributed by atoms with van der Waals surface area (Å²) in [4.78, 5) is 20.5. The summed E-state index contributed by atoms with van der Waals surface area (Å²) in [5.74, 6) is 0.00463. The zero-order valence-electron chi connectivity index (χ0n) is 10.8. The molecule has 7 heteroatoms. The second kappa shape index (κ2) is 25.3. The third-order valence-electron chi connectivity index (χ3n) is 1.43. The van der Waals surface area contributed by atoms with Gasteiger partial charge in [0, 0.05) is 0 Å². The molecule has 0 spiro atoms. The van der Waals surface area contributed by atoms with Gasteiger partial charge in [0.1, 0.15) is 0 Å². The molecule has 0 aromatic rings. The van der Waals surface area contributed by atoms with Crippen LogP contribution in [0.3, 0.4) is 0 Å². The zero-order valence-corrected chi connectivity index (χ0v) is 14.8. The van der Waals surface area contributed by atoms with Crippen molar-refractivity contribution >= 4 is 11.8 Å². The van der Waals surface area contributed by atoms with Crippen LogP contribution in [0.1, 0.15) is 39.5 Å². The Labute approximate surface area is 136 Å². The molecule has 4 nitrogen and oxygen atoms in total. The molecule has 0 aliphatic heterocycles. The van der Waals surface area contributed by atoms with Gasteiger partial charge >= 0.3 is 26.2 Å². The molecule has 0 aromatic heterocycles. The molecule has 0 unspecified atom stereocenters. The van der Waals surface area contributed by atoms with Gasteiger partial charge in [0.25, 0.3) is 0 Å². The van der Waals surface area contributed by atoms with Crippen molar-refractivity contribution in [1.29, 1.82) is 0 Å². The maximum atomic E-state index is 10.2. The molecule has 0 N–H and O–H groups in total. The molecule has 0 atom stereocenters. The Morgan fingerprint density at radius 3 is 1.12 bits per heavy atom. The van der Waals surface area contributed by atoms with Crippen molar-refractivity contribution < 1.29 is 60.6 Å². The van der Waals surface area contributed by atoms with E-state index in [1.54, 1.807) is 0 Å². The SMILES string of the molecule is CCCC(=O)[N-]C.CCCC(=O)[N-]C.[Cl-].[Cl-].[Zr+4]. The molecule has 0 rings (SSSR count). The fourth-order valence-electron chi connectivity index (χ4n) is 0.651. The van der Waals surface area contributed by atoms with Crippen molar-refractivity contribution in [3.05, 3.63) is 10.6 Å². The van der Waals surface area contributed by atoms with Crippen LogP contribution >= 0.6 is 0 Å². The van der Waals surface area contributed by atoms with E-state index in [1.165, 1.54) is 14.1 Å². The molecule has 0 radical (unpaired) electrons. The van der Waals surface area contributed by atoms with Crippen LogP contribution in [0.15, 0.2) is 0 Å². The van der Waals surface area contributed by atoms with Gasteiger partial charge in [-0.1, -0.05) is 26.7 Å². The Bertz CT molecular complexity index is 154. The van der Waals surface area contributed by atoms with Crippen molar-refractivity contribution in [2.24, 2.45) is 0 Å². The number of carbonyl (C=O) groups excluding carboxylic acids is 2. The van der Waals surface area contributed by atoms with E-state index in [0.29, 0.717) is 12.8 Å². The number of halogens is 2. The molecule has 0 heterocycles. The van der Waals surface area contributed by atoms with Crippen LogP contribution in [0.5, 0.6) is 0 Å². The van der Waals surface area contributed by atoms with E-state index in [9.17, 15) is 9.59 Å². The predicted octanol–water partition coefficient (Wildman–Crippen LogP) is -3.36. The maximum Gasteiger partial charge on any atom is 4.00 e. The maximum absolute atomic E-state index is 10.2. The second-order valence-corrected chi connectivity index (χ2v) is 2.73. The van der Waals surface area contributed by atoms with Gasteiger partial charge < -0.3 is 45.0 Å². The van der Waals surface area contributed by atoms with E-state index in [2.05, 4.69) is 10.6 Å². The van der Waals surface area contributed by atoms with E-state index in [0.717, 1.165) is 12.8 Å². The van der Waals surface area contributed by atoms with Crippen molar-refractivity contribution in [3.8, 4) is 0 Å². The minimum atomic E-state index is 0. The van der Waals surface area contributed by atoms with Crippen LogP contribution in [-0.2, 0) is 35.8 Å². The molecular weight excluding hydrogens is 342 g/mol. The van der Waals surface area contributed by atoms with Gasteiger partial charge in [-0.05, 0) is 12.8 Å². The Kier molecular flexibility index (Phi) is 45.3. The van der Waals surface area contributed by atoms with E-state index < -0.39 is 0 Å². The van der Waals surface area contributed by atoms with Crippen molar-refractivity contribution in [2.45, 2.75) is 39.5 Å². The molecule has 0 saturated heterocycles. The van der Waals surface area contributed by atoms with Crippen LogP contribution < -0.4 is 24.8 Å². The van der Waals surface area contributed by atoms with Gasteiger partial charge in [0.2, 0.25) is 0 Å². The standard InChI is InChI=1S/2C5H11NO.2ClH.Zr/c2*1-3-4-5(7)6-2;;;/h2*3-4H2,1-2H3,(H,6,7);2*1H;/q;;;;+4/p-4. The first-order chi connectivity index (χ1) is 6.62. The number of nitrogens with zero attached hydrogens (tertiary/aromatic N) is 2. The minimum absolute atomic E-state index is 0. The summed E-state index contributed by atoms with van der Waals surface area (Å²) >= 11 is 0. The average molecular weight is 362 g/mol. The van der Waals surface area contributed by atoms with Gasteiger partial charge in [-0.3, -0.25) is 0 Å². The Hall–Kier alpha value is 0.403. The molecule has 100 valence electrons. The third kappa shape index (κ3) is 31.4. The monoisotopic (exact) mass is 360 g/mol. The normalized spacial score (nSPS) is 6.82. The largest absolute Gasteiger partial charge is 4.00 e. The number of rotatable bonds is 4.